The number of nitrogens with one attached hydrogen (secondary N) is 1. The van der Waals surface area contributed by atoms with Crippen LogP contribution in [0.5, 0.6) is 0 Å². The van der Waals surface area contributed by atoms with E-state index in [1.165, 1.54) is 20.2 Å². The van der Waals surface area contributed by atoms with Crippen LogP contribution < -0.4 is 5.32 Å². The first kappa shape index (κ1) is 17.0. The molecule has 1 unspecified atom stereocenters. The number of carbonyl (C=O) groups is 1. The minimum absolute atomic E-state index is 0.122. The fourth-order valence-corrected chi connectivity index (χ4v) is 5.83. The molecule has 3 aromatic rings. The first-order chi connectivity index (χ1) is 12.3. The molecule has 0 aliphatic carbocycles. The van der Waals surface area contributed by atoms with Crippen LogP contribution in [0.15, 0.2) is 46.5 Å². The molecule has 0 aromatic carbocycles. The quantitative estimate of drug-likeness (QED) is 0.687. The Balaban J connectivity index is 1.41. The van der Waals surface area contributed by atoms with E-state index < -0.39 is 0 Å². The van der Waals surface area contributed by atoms with E-state index in [4.69, 9.17) is 0 Å². The third-order valence-electron chi connectivity index (χ3n) is 4.50. The Morgan fingerprint density at radius 2 is 2.00 bits per heavy atom. The van der Waals surface area contributed by atoms with E-state index in [9.17, 15) is 4.79 Å². The molecule has 0 saturated heterocycles. The minimum atomic E-state index is 0.122. The van der Waals surface area contributed by atoms with Crippen molar-refractivity contribution in [3.05, 3.63) is 66.7 Å². The molecule has 0 bridgehead atoms. The van der Waals surface area contributed by atoms with Gasteiger partial charge in [0.15, 0.2) is 0 Å². The van der Waals surface area contributed by atoms with Gasteiger partial charge in [-0.1, -0.05) is 12.1 Å². The second-order valence-corrected chi connectivity index (χ2v) is 9.13. The summed E-state index contributed by atoms with van der Waals surface area (Å²) in [7, 11) is 0. The standard InChI is InChI=1S/C19H20N2OS3/c22-18(20-8-5-14-3-1-10-23-14)13-21-9-6-16-15(7-12-25-16)19(21)17-4-2-11-24-17/h1-4,7,10-12,19H,5-6,8-9,13H2,(H,20,22). The van der Waals surface area contributed by atoms with E-state index >= 15 is 0 Å². The second kappa shape index (κ2) is 7.83. The van der Waals surface area contributed by atoms with Crippen LogP contribution in [0.3, 0.4) is 0 Å². The second-order valence-electron chi connectivity index (χ2n) is 6.12. The normalized spacial score (nSPS) is 17.4. The maximum atomic E-state index is 12.5. The van der Waals surface area contributed by atoms with Crippen LogP contribution in [0.4, 0.5) is 0 Å². The molecule has 1 atom stereocenters. The van der Waals surface area contributed by atoms with Gasteiger partial charge < -0.3 is 5.32 Å². The van der Waals surface area contributed by atoms with Gasteiger partial charge >= 0.3 is 0 Å². The molecule has 130 valence electrons. The third kappa shape index (κ3) is 3.87. The summed E-state index contributed by atoms with van der Waals surface area (Å²) in [4.78, 5) is 18.9. The fourth-order valence-electron chi connectivity index (χ4n) is 3.34. The van der Waals surface area contributed by atoms with Gasteiger partial charge in [-0.25, -0.2) is 0 Å². The lowest BCUT2D eigenvalue weighted by atomic mass is 9.98. The summed E-state index contributed by atoms with van der Waals surface area (Å²) in [5, 5.41) is 9.46. The van der Waals surface area contributed by atoms with Gasteiger partial charge in [-0.2, -0.15) is 0 Å². The number of amides is 1. The van der Waals surface area contributed by atoms with Gasteiger partial charge in [0.25, 0.3) is 0 Å². The highest BCUT2D eigenvalue weighted by Gasteiger charge is 2.31. The van der Waals surface area contributed by atoms with Crippen molar-refractivity contribution in [3.63, 3.8) is 0 Å². The van der Waals surface area contributed by atoms with Crippen molar-refractivity contribution < 1.29 is 4.79 Å². The molecule has 0 fully saturated rings. The molecule has 6 heteroatoms. The lowest BCUT2D eigenvalue weighted by molar-refractivity contribution is -0.122. The molecule has 0 spiro atoms. The molecule has 0 saturated carbocycles. The van der Waals surface area contributed by atoms with Crippen molar-refractivity contribution in [3.8, 4) is 0 Å². The van der Waals surface area contributed by atoms with Crippen LogP contribution >= 0.6 is 34.0 Å². The molecule has 4 heterocycles. The van der Waals surface area contributed by atoms with E-state index in [1.54, 1.807) is 22.7 Å². The number of fused-ring (bicyclic) bond motifs is 1. The van der Waals surface area contributed by atoms with E-state index in [0.29, 0.717) is 13.1 Å². The van der Waals surface area contributed by atoms with Crippen LogP contribution in [0.2, 0.25) is 0 Å². The highest BCUT2D eigenvalue weighted by atomic mass is 32.1. The topological polar surface area (TPSA) is 32.3 Å². The van der Waals surface area contributed by atoms with Crippen molar-refractivity contribution in [2.45, 2.75) is 18.9 Å². The van der Waals surface area contributed by atoms with Gasteiger partial charge in [-0.05, 0) is 52.7 Å². The molecule has 1 N–H and O–H groups in total. The summed E-state index contributed by atoms with van der Waals surface area (Å²) < 4.78 is 0. The first-order valence-electron chi connectivity index (χ1n) is 8.44. The number of hydrogen-bond donors (Lipinski definition) is 1. The van der Waals surface area contributed by atoms with Crippen LogP contribution in [-0.2, 0) is 17.6 Å². The predicted octanol–water partition coefficient (Wildman–Crippen LogP) is 4.18. The molecule has 0 radical (unpaired) electrons. The Hall–Kier alpha value is -1.47. The van der Waals surface area contributed by atoms with E-state index in [-0.39, 0.29) is 11.9 Å². The first-order valence-corrected chi connectivity index (χ1v) is 11.1. The van der Waals surface area contributed by atoms with Gasteiger partial charge in [-0.3, -0.25) is 9.69 Å². The van der Waals surface area contributed by atoms with Crippen LogP contribution in [0.25, 0.3) is 0 Å². The summed E-state index contributed by atoms with van der Waals surface area (Å²) in [6, 6.07) is 10.9. The van der Waals surface area contributed by atoms with Gasteiger partial charge in [-0.15, -0.1) is 34.0 Å². The Bertz CT molecular complexity index is 808. The van der Waals surface area contributed by atoms with Crippen molar-refractivity contribution in [1.29, 1.82) is 0 Å². The zero-order valence-corrected chi connectivity index (χ0v) is 16.3. The molecule has 1 aliphatic rings. The van der Waals surface area contributed by atoms with Gasteiger partial charge in [0, 0.05) is 27.7 Å². The SMILES string of the molecule is O=C(CN1CCc2sccc2C1c1cccs1)NCCc1cccs1. The Morgan fingerprint density at radius 1 is 1.12 bits per heavy atom. The predicted molar refractivity (Wildman–Crippen MR) is 107 cm³/mol. The zero-order valence-electron chi connectivity index (χ0n) is 13.8. The molecule has 25 heavy (non-hydrogen) atoms. The average Bonchev–Trinajstić information content (AvgIpc) is 3.37. The molecule has 3 nitrogen and oxygen atoms in total. The summed E-state index contributed by atoms with van der Waals surface area (Å²) in [6.45, 7) is 2.11. The number of carbonyl (C=O) groups excluding carboxylic acids is 1. The summed E-state index contributed by atoms with van der Waals surface area (Å²) in [5.74, 6) is 0.122. The van der Waals surface area contributed by atoms with E-state index in [1.807, 2.05) is 11.3 Å². The van der Waals surface area contributed by atoms with Crippen LogP contribution in [0, 0.1) is 0 Å². The lowest BCUT2D eigenvalue weighted by Crippen LogP contribution is -2.42. The van der Waals surface area contributed by atoms with E-state index in [2.05, 4.69) is 56.7 Å². The molecule has 1 amide bonds. The monoisotopic (exact) mass is 388 g/mol. The zero-order chi connectivity index (χ0) is 17.1. The maximum absolute atomic E-state index is 12.5. The summed E-state index contributed by atoms with van der Waals surface area (Å²) in [6.07, 6.45) is 1.95. The highest BCUT2D eigenvalue weighted by molar-refractivity contribution is 7.10. The van der Waals surface area contributed by atoms with Gasteiger partial charge in [0.2, 0.25) is 5.91 Å². The van der Waals surface area contributed by atoms with E-state index in [0.717, 1.165) is 19.4 Å². The lowest BCUT2D eigenvalue weighted by Gasteiger charge is -2.34. The Labute approximate surface area is 159 Å². The molecule has 1 aliphatic heterocycles. The maximum Gasteiger partial charge on any atom is 0.234 e. The summed E-state index contributed by atoms with van der Waals surface area (Å²) >= 11 is 5.36. The van der Waals surface area contributed by atoms with Crippen molar-refractivity contribution >= 4 is 39.9 Å². The largest absolute Gasteiger partial charge is 0.355 e. The highest BCUT2D eigenvalue weighted by Crippen LogP contribution is 2.39. The molecule has 4 rings (SSSR count). The van der Waals surface area contributed by atoms with Gasteiger partial charge in [0.05, 0.1) is 12.6 Å². The number of nitrogens with zero attached hydrogens (tertiary/aromatic N) is 1. The third-order valence-corrected chi connectivity index (χ3v) is 7.36. The average molecular weight is 389 g/mol. The Kier molecular flexibility index (Phi) is 5.31. The number of rotatable bonds is 6. The van der Waals surface area contributed by atoms with Crippen molar-refractivity contribution in [2.24, 2.45) is 0 Å². The number of thiophene rings is 3. The smallest absolute Gasteiger partial charge is 0.234 e. The molecule has 3 aromatic heterocycles. The fraction of sp³-hybridized carbons (Fsp3) is 0.316. The number of hydrogen-bond acceptors (Lipinski definition) is 5. The van der Waals surface area contributed by atoms with Crippen molar-refractivity contribution in [2.75, 3.05) is 19.6 Å². The van der Waals surface area contributed by atoms with Crippen LogP contribution in [-0.4, -0.2) is 30.4 Å². The molecular weight excluding hydrogens is 368 g/mol. The molecular formula is C19H20N2OS3. The summed E-state index contributed by atoms with van der Waals surface area (Å²) in [5.41, 5.74) is 1.38. The van der Waals surface area contributed by atoms with Gasteiger partial charge in [0.1, 0.15) is 0 Å². The Morgan fingerprint density at radius 3 is 2.80 bits per heavy atom. The van der Waals surface area contributed by atoms with Crippen LogP contribution in [0.1, 0.15) is 26.2 Å². The van der Waals surface area contributed by atoms with Crippen molar-refractivity contribution in [1.82, 2.24) is 10.2 Å². The minimum Gasteiger partial charge on any atom is -0.355 e.